The van der Waals surface area contributed by atoms with E-state index < -0.39 is 0 Å². The fourth-order valence-corrected chi connectivity index (χ4v) is 3.54. The maximum Gasteiger partial charge on any atom is 0.0857 e. The van der Waals surface area contributed by atoms with Crippen LogP contribution >= 0.6 is 0 Å². The van der Waals surface area contributed by atoms with Gasteiger partial charge in [-0.05, 0) is 43.0 Å². The summed E-state index contributed by atoms with van der Waals surface area (Å²) >= 11 is 0. The molecule has 0 saturated heterocycles. The number of rotatable bonds is 4. The first kappa shape index (κ1) is 19.3. The SMILES string of the molecule is CCc1cc(C)cc(CC)c1N=C(c1ccc2ccccc2n1)C(C)(C)C. The van der Waals surface area contributed by atoms with Crippen LogP contribution in [-0.2, 0) is 12.8 Å². The highest BCUT2D eigenvalue weighted by atomic mass is 14.8. The Balaban J connectivity index is 2.24. The van der Waals surface area contributed by atoms with Crippen molar-refractivity contribution in [2.45, 2.75) is 54.4 Å². The Hall–Kier alpha value is -2.48. The molecule has 0 bridgehead atoms. The number of pyridine rings is 1. The molecule has 3 aromatic rings. The van der Waals surface area contributed by atoms with Crippen molar-refractivity contribution in [3.63, 3.8) is 0 Å². The largest absolute Gasteiger partial charge is 0.250 e. The Kier molecular flexibility index (Phi) is 5.46. The summed E-state index contributed by atoms with van der Waals surface area (Å²) in [7, 11) is 0. The highest BCUT2D eigenvalue weighted by Gasteiger charge is 2.23. The fraction of sp³-hybridized carbons (Fsp3) is 0.360. The molecular weight excluding hydrogens is 328 g/mol. The third kappa shape index (κ3) is 4.10. The number of aliphatic imine (C=N–C) groups is 1. The molecule has 0 N–H and O–H groups in total. The molecule has 0 radical (unpaired) electrons. The Labute approximate surface area is 163 Å². The molecule has 3 rings (SSSR count). The summed E-state index contributed by atoms with van der Waals surface area (Å²) in [5.74, 6) is 0. The number of aryl methyl sites for hydroxylation is 3. The zero-order valence-electron chi connectivity index (χ0n) is 17.4. The summed E-state index contributed by atoms with van der Waals surface area (Å²) in [5, 5.41) is 1.16. The Morgan fingerprint density at radius 2 is 1.56 bits per heavy atom. The van der Waals surface area contributed by atoms with Crippen molar-refractivity contribution >= 4 is 22.3 Å². The molecule has 0 fully saturated rings. The van der Waals surface area contributed by atoms with Crippen molar-refractivity contribution in [3.05, 3.63) is 70.9 Å². The van der Waals surface area contributed by atoms with E-state index in [0.717, 1.165) is 40.8 Å². The lowest BCUT2D eigenvalue weighted by Gasteiger charge is -2.23. The Bertz CT molecular complexity index is 966. The van der Waals surface area contributed by atoms with Crippen molar-refractivity contribution in [3.8, 4) is 0 Å². The maximum absolute atomic E-state index is 5.24. The van der Waals surface area contributed by atoms with Crippen molar-refractivity contribution < 1.29 is 0 Å². The number of para-hydroxylation sites is 1. The average molecular weight is 359 g/mol. The highest BCUT2D eigenvalue weighted by Crippen LogP contribution is 2.32. The third-order valence-corrected chi connectivity index (χ3v) is 4.95. The first-order valence-electron chi connectivity index (χ1n) is 9.91. The smallest absolute Gasteiger partial charge is 0.0857 e. The molecule has 0 aliphatic rings. The predicted octanol–water partition coefficient (Wildman–Crippen LogP) is 6.83. The molecule has 2 aromatic carbocycles. The maximum atomic E-state index is 5.24. The van der Waals surface area contributed by atoms with Gasteiger partial charge in [-0.25, -0.2) is 4.98 Å². The van der Waals surface area contributed by atoms with Gasteiger partial charge in [-0.1, -0.05) is 76.6 Å². The normalized spacial score (nSPS) is 12.6. The third-order valence-electron chi connectivity index (χ3n) is 4.95. The van der Waals surface area contributed by atoms with Gasteiger partial charge in [-0.3, -0.25) is 4.99 Å². The van der Waals surface area contributed by atoms with E-state index in [-0.39, 0.29) is 5.41 Å². The van der Waals surface area contributed by atoms with Gasteiger partial charge in [0.2, 0.25) is 0 Å². The van der Waals surface area contributed by atoms with Crippen LogP contribution in [0.1, 0.15) is 57.0 Å². The first-order chi connectivity index (χ1) is 12.8. The topological polar surface area (TPSA) is 25.2 Å². The average Bonchev–Trinajstić information content (AvgIpc) is 2.64. The van der Waals surface area contributed by atoms with E-state index >= 15 is 0 Å². The van der Waals surface area contributed by atoms with Gasteiger partial charge >= 0.3 is 0 Å². The summed E-state index contributed by atoms with van der Waals surface area (Å²) in [6, 6.07) is 17.1. The minimum Gasteiger partial charge on any atom is -0.250 e. The lowest BCUT2D eigenvalue weighted by atomic mass is 9.87. The molecule has 0 spiro atoms. The van der Waals surface area contributed by atoms with E-state index in [2.05, 4.69) is 84.0 Å². The summed E-state index contributed by atoms with van der Waals surface area (Å²) in [6.45, 7) is 13.2. The van der Waals surface area contributed by atoms with Crippen molar-refractivity contribution in [2.24, 2.45) is 10.4 Å². The van der Waals surface area contributed by atoms with Crippen LogP contribution in [0.15, 0.2) is 53.5 Å². The van der Waals surface area contributed by atoms with E-state index in [1.165, 1.54) is 16.7 Å². The molecule has 1 heterocycles. The second-order valence-electron chi connectivity index (χ2n) is 8.24. The molecule has 0 saturated carbocycles. The van der Waals surface area contributed by atoms with Crippen LogP contribution in [0.5, 0.6) is 0 Å². The lowest BCUT2D eigenvalue weighted by molar-refractivity contribution is 0.590. The van der Waals surface area contributed by atoms with Crippen LogP contribution in [0.3, 0.4) is 0 Å². The summed E-state index contributed by atoms with van der Waals surface area (Å²) in [5.41, 5.74) is 7.99. The van der Waals surface area contributed by atoms with Gasteiger partial charge in [0.25, 0.3) is 0 Å². The van der Waals surface area contributed by atoms with Crippen LogP contribution in [0, 0.1) is 12.3 Å². The molecule has 0 aliphatic heterocycles. The van der Waals surface area contributed by atoms with E-state index in [0.29, 0.717) is 0 Å². The lowest BCUT2D eigenvalue weighted by Crippen LogP contribution is -2.22. The van der Waals surface area contributed by atoms with Crippen molar-refractivity contribution in [2.75, 3.05) is 0 Å². The number of aromatic nitrogens is 1. The minimum atomic E-state index is -0.101. The number of nitrogens with zero attached hydrogens (tertiary/aromatic N) is 2. The molecule has 2 heteroatoms. The highest BCUT2D eigenvalue weighted by molar-refractivity contribution is 6.05. The number of hydrogen-bond acceptors (Lipinski definition) is 2. The Morgan fingerprint density at radius 1 is 0.926 bits per heavy atom. The van der Waals surface area contributed by atoms with E-state index in [4.69, 9.17) is 9.98 Å². The van der Waals surface area contributed by atoms with Crippen LogP contribution < -0.4 is 0 Å². The van der Waals surface area contributed by atoms with Crippen LogP contribution in [-0.4, -0.2) is 10.7 Å². The Morgan fingerprint density at radius 3 is 2.15 bits per heavy atom. The van der Waals surface area contributed by atoms with Crippen LogP contribution in [0.25, 0.3) is 10.9 Å². The number of benzene rings is 2. The molecule has 0 unspecified atom stereocenters. The molecule has 2 nitrogen and oxygen atoms in total. The van der Waals surface area contributed by atoms with Gasteiger partial charge in [-0.2, -0.15) is 0 Å². The fourth-order valence-electron chi connectivity index (χ4n) is 3.54. The van der Waals surface area contributed by atoms with Gasteiger partial charge in [-0.15, -0.1) is 0 Å². The summed E-state index contributed by atoms with van der Waals surface area (Å²) in [4.78, 5) is 10.2. The standard InChI is InChI=1S/C25H30N2/c1-7-18-15-17(3)16-19(8-2)23(18)27-24(25(4,5)6)22-14-13-20-11-9-10-12-21(20)26-22/h9-16H,7-8H2,1-6H3. The zero-order chi connectivity index (χ0) is 19.6. The zero-order valence-corrected chi connectivity index (χ0v) is 17.4. The van der Waals surface area contributed by atoms with Gasteiger partial charge < -0.3 is 0 Å². The van der Waals surface area contributed by atoms with Crippen molar-refractivity contribution in [1.29, 1.82) is 0 Å². The first-order valence-corrected chi connectivity index (χ1v) is 9.91. The molecule has 27 heavy (non-hydrogen) atoms. The van der Waals surface area contributed by atoms with Gasteiger partial charge in [0.05, 0.1) is 22.6 Å². The molecular formula is C25H30N2. The van der Waals surface area contributed by atoms with E-state index in [1.807, 2.05) is 6.07 Å². The second-order valence-corrected chi connectivity index (χ2v) is 8.24. The number of fused-ring (bicyclic) bond motifs is 1. The molecule has 0 aliphatic carbocycles. The van der Waals surface area contributed by atoms with E-state index in [1.54, 1.807) is 0 Å². The molecule has 0 atom stereocenters. The van der Waals surface area contributed by atoms with Gasteiger partial charge in [0, 0.05) is 10.8 Å². The molecule has 0 amide bonds. The molecule has 1 aromatic heterocycles. The monoisotopic (exact) mass is 358 g/mol. The predicted molar refractivity (Wildman–Crippen MR) is 117 cm³/mol. The van der Waals surface area contributed by atoms with Gasteiger partial charge in [0.1, 0.15) is 0 Å². The van der Waals surface area contributed by atoms with E-state index in [9.17, 15) is 0 Å². The second kappa shape index (κ2) is 7.64. The number of hydrogen-bond donors (Lipinski definition) is 0. The quantitative estimate of drug-likeness (QED) is 0.469. The van der Waals surface area contributed by atoms with Crippen LogP contribution in [0.2, 0.25) is 0 Å². The summed E-state index contributed by atoms with van der Waals surface area (Å²) < 4.78 is 0. The van der Waals surface area contributed by atoms with Crippen LogP contribution in [0.4, 0.5) is 5.69 Å². The van der Waals surface area contributed by atoms with Gasteiger partial charge in [0.15, 0.2) is 0 Å². The molecule has 140 valence electrons. The summed E-state index contributed by atoms with van der Waals surface area (Å²) in [6.07, 6.45) is 1.96. The minimum absolute atomic E-state index is 0.101. The van der Waals surface area contributed by atoms with Crippen molar-refractivity contribution in [1.82, 2.24) is 4.98 Å².